The summed E-state index contributed by atoms with van der Waals surface area (Å²) in [5.74, 6) is -0.567. The van der Waals surface area contributed by atoms with E-state index in [4.69, 9.17) is 0 Å². The largest absolute Gasteiger partial charge is 0.339 e. The normalized spacial score (nSPS) is 14.5. The number of fused-ring (bicyclic) bond motifs is 1. The van der Waals surface area contributed by atoms with Crippen LogP contribution < -0.4 is 0 Å². The monoisotopic (exact) mass is 567 g/mol. The van der Waals surface area contributed by atoms with Crippen LogP contribution in [-0.2, 0) is 21.2 Å². The zero-order chi connectivity index (χ0) is 28.4. The van der Waals surface area contributed by atoms with E-state index in [2.05, 4.69) is 53.4 Å². The van der Waals surface area contributed by atoms with Crippen LogP contribution in [0, 0.1) is 5.82 Å². The minimum absolute atomic E-state index is 0.00985. The molecule has 1 aromatic heterocycles. The van der Waals surface area contributed by atoms with Gasteiger partial charge in [-0.15, -0.1) is 0 Å². The van der Waals surface area contributed by atoms with Crippen molar-refractivity contribution in [2.24, 2.45) is 0 Å². The number of hydrogen-bond acceptors (Lipinski definition) is 4. The van der Waals surface area contributed by atoms with Crippen molar-refractivity contribution in [3.63, 3.8) is 0 Å². The lowest BCUT2D eigenvalue weighted by atomic mass is 9.96. The van der Waals surface area contributed by atoms with Gasteiger partial charge in [0.2, 0.25) is 15.7 Å². The highest BCUT2D eigenvalue weighted by atomic mass is 32.2. The van der Waals surface area contributed by atoms with Gasteiger partial charge in [0.05, 0.1) is 15.8 Å². The highest BCUT2D eigenvalue weighted by Crippen LogP contribution is 2.32. The standard InChI is InChI=1S/C33H30FN3O3S/c34-27-15-17-28(18-16-27)41(39,40)31-23-37(30-14-8-7-13-29(30)31)24-32(38)35-19-21-36(22-20-35)33(25-9-3-1-4-10-25)26-11-5-2-6-12-26/h1-18,23,33H,19-22,24H2. The molecule has 0 saturated carbocycles. The number of para-hydroxylation sites is 1. The third-order valence-electron chi connectivity index (χ3n) is 7.73. The van der Waals surface area contributed by atoms with Crippen molar-refractivity contribution in [1.29, 1.82) is 0 Å². The van der Waals surface area contributed by atoms with E-state index in [1.165, 1.54) is 29.5 Å². The molecule has 1 amide bonds. The maximum Gasteiger partial charge on any atom is 0.242 e. The Kier molecular flexibility index (Phi) is 7.43. The van der Waals surface area contributed by atoms with E-state index in [9.17, 15) is 17.6 Å². The molecule has 2 heterocycles. The van der Waals surface area contributed by atoms with Gasteiger partial charge in [-0.3, -0.25) is 9.69 Å². The average molecular weight is 568 g/mol. The van der Waals surface area contributed by atoms with Gasteiger partial charge in [0.1, 0.15) is 12.4 Å². The minimum Gasteiger partial charge on any atom is -0.339 e. The second-order valence-corrected chi connectivity index (χ2v) is 12.2. The molecule has 1 saturated heterocycles. The number of nitrogens with zero attached hydrogens (tertiary/aromatic N) is 3. The smallest absolute Gasteiger partial charge is 0.242 e. The molecule has 1 aliphatic rings. The lowest BCUT2D eigenvalue weighted by molar-refractivity contribution is -0.133. The van der Waals surface area contributed by atoms with Crippen molar-refractivity contribution in [3.05, 3.63) is 132 Å². The van der Waals surface area contributed by atoms with Crippen molar-refractivity contribution in [3.8, 4) is 0 Å². The molecule has 0 unspecified atom stereocenters. The molecule has 1 aliphatic heterocycles. The van der Waals surface area contributed by atoms with Crippen LogP contribution in [0.4, 0.5) is 4.39 Å². The van der Waals surface area contributed by atoms with Crippen LogP contribution in [0.3, 0.4) is 0 Å². The maximum atomic E-state index is 13.5. The summed E-state index contributed by atoms with van der Waals surface area (Å²) >= 11 is 0. The van der Waals surface area contributed by atoms with Crippen LogP contribution >= 0.6 is 0 Å². The van der Waals surface area contributed by atoms with Crippen LogP contribution in [0.5, 0.6) is 0 Å². The highest BCUT2D eigenvalue weighted by molar-refractivity contribution is 7.91. The Morgan fingerprint density at radius 1 is 0.732 bits per heavy atom. The lowest BCUT2D eigenvalue weighted by Gasteiger charge is -2.40. The van der Waals surface area contributed by atoms with E-state index in [1.54, 1.807) is 16.7 Å². The van der Waals surface area contributed by atoms with E-state index in [0.717, 1.165) is 25.2 Å². The first-order valence-corrected chi connectivity index (χ1v) is 15.1. The Hall–Kier alpha value is -4.27. The highest BCUT2D eigenvalue weighted by Gasteiger charge is 2.29. The van der Waals surface area contributed by atoms with Crippen molar-refractivity contribution in [2.45, 2.75) is 22.4 Å². The van der Waals surface area contributed by atoms with E-state index >= 15 is 0 Å². The number of rotatable bonds is 7. The number of carbonyl (C=O) groups is 1. The van der Waals surface area contributed by atoms with Gasteiger partial charge in [0, 0.05) is 43.3 Å². The summed E-state index contributed by atoms with van der Waals surface area (Å²) < 4.78 is 42.1. The molecule has 6 nitrogen and oxygen atoms in total. The molecule has 0 bridgehead atoms. The van der Waals surface area contributed by atoms with Crippen LogP contribution in [0.2, 0.25) is 0 Å². The Bertz CT molecular complexity index is 1720. The van der Waals surface area contributed by atoms with E-state index in [0.29, 0.717) is 24.0 Å². The van der Waals surface area contributed by atoms with Crippen molar-refractivity contribution >= 4 is 26.6 Å². The Morgan fingerprint density at radius 3 is 1.90 bits per heavy atom. The van der Waals surface area contributed by atoms with Gasteiger partial charge < -0.3 is 9.47 Å². The third-order valence-corrected chi connectivity index (χ3v) is 9.53. The molecule has 0 atom stereocenters. The number of carbonyl (C=O) groups excluding carboxylic acids is 1. The number of benzene rings is 4. The van der Waals surface area contributed by atoms with Gasteiger partial charge in [-0.25, -0.2) is 12.8 Å². The van der Waals surface area contributed by atoms with E-state index in [1.807, 2.05) is 29.2 Å². The predicted octanol–water partition coefficient (Wildman–Crippen LogP) is 5.55. The zero-order valence-electron chi connectivity index (χ0n) is 22.4. The van der Waals surface area contributed by atoms with Crippen LogP contribution in [0.15, 0.2) is 125 Å². The predicted molar refractivity (Wildman–Crippen MR) is 157 cm³/mol. The number of hydrogen-bond donors (Lipinski definition) is 0. The Morgan fingerprint density at radius 2 is 1.29 bits per heavy atom. The zero-order valence-corrected chi connectivity index (χ0v) is 23.3. The van der Waals surface area contributed by atoms with Gasteiger partial charge in [-0.1, -0.05) is 78.9 Å². The topological polar surface area (TPSA) is 62.6 Å². The number of halogens is 1. The molecule has 8 heteroatoms. The minimum atomic E-state index is -3.91. The summed E-state index contributed by atoms with van der Waals surface area (Å²) in [5, 5.41) is 0.531. The molecule has 0 radical (unpaired) electrons. The second kappa shape index (κ2) is 11.3. The fraction of sp³-hybridized carbons (Fsp3) is 0.182. The summed E-state index contributed by atoms with van der Waals surface area (Å²) in [6.07, 6.45) is 1.53. The van der Waals surface area contributed by atoms with Gasteiger partial charge in [0.25, 0.3) is 0 Å². The van der Waals surface area contributed by atoms with Gasteiger partial charge in [-0.2, -0.15) is 0 Å². The summed E-state index contributed by atoms with van der Waals surface area (Å²) in [5.41, 5.74) is 3.09. The number of amides is 1. The lowest BCUT2D eigenvalue weighted by Crippen LogP contribution is -2.50. The number of sulfone groups is 1. The Labute approximate surface area is 239 Å². The molecule has 41 heavy (non-hydrogen) atoms. The van der Waals surface area contributed by atoms with Crippen molar-refractivity contribution in [2.75, 3.05) is 26.2 Å². The Balaban J connectivity index is 1.21. The molecule has 4 aromatic carbocycles. The number of piperazine rings is 1. The summed E-state index contributed by atoms with van der Waals surface area (Å²) in [7, 11) is -3.91. The van der Waals surface area contributed by atoms with Crippen LogP contribution in [0.25, 0.3) is 10.9 Å². The molecule has 6 rings (SSSR count). The molecule has 208 valence electrons. The number of aromatic nitrogens is 1. The quantitative estimate of drug-likeness (QED) is 0.242. The van der Waals surface area contributed by atoms with Crippen molar-refractivity contribution < 1.29 is 17.6 Å². The van der Waals surface area contributed by atoms with E-state index < -0.39 is 15.7 Å². The van der Waals surface area contributed by atoms with Gasteiger partial charge in [0.15, 0.2) is 0 Å². The maximum absolute atomic E-state index is 13.5. The molecule has 5 aromatic rings. The fourth-order valence-electron chi connectivity index (χ4n) is 5.66. The molecule has 0 N–H and O–H groups in total. The first-order chi connectivity index (χ1) is 19.9. The first kappa shape index (κ1) is 26.9. The fourth-order valence-corrected chi connectivity index (χ4v) is 7.14. The molecular weight excluding hydrogens is 537 g/mol. The molecule has 0 spiro atoms. The third kappa shape index (κ3) is 5.40. The summed E-state index contributed by atoms with van der Waals surface area (Å²) in [6.45, 7) is 2.62. The van der Waals surface area contributed by atoms with E-state index in [-0.39, 0.29) is 28.3 Å². The second-order valence-electron chi connectivity index (χ2n) is 10.2. The van der Waals surface area contributed by atoms with Crippen LogP contribution in [0.1, 0.15) is 17.2 Å². The van der Waals surface area contributed by atoms with Gasteiger partial charge >= 0.3 is 0 Å². The molecular formula is C33H30FN3O3S. The average Bonchev–Trinajstić information content (AvgIpc) is 3.38. The van der Waals surface area contributed by atoms with Crippen LogP contribution in [-0.4, -0.2) is 54.9 Å². The molecule has 0 aliphatic carbocycles. The molecule has 1 fully saturated rings. The van der Waals surface area contributed by atoms with Crippen molar-refractivity contribution in [1.82, 2.24) is 14.4 Å². The SMILES string of the molecule is O=C(Cn1cc(S(=O)(=O)c2ccc(F)cc2)c2ccccc21)N1CCN(C(c2ccccc2)c2ccccc2)CC1. The van der Waals surface area contributed by atoms with Gasteiger partial charge in [-0.05, 0) is 41.5 Å². The summed E-state index contributed by atoms with van der Waals surface area (Å²) in [4.78, 5) is 17.9. The first-order valence-electron chi connectivity index (χ1n) is 13.6. The summed E-state index contributed by atoms with van der Waals surface area (Å²) in [6, 6.07) is 32.9.